The number of hydrogen-bond acceptors (Lipinski definition) is 2. The van der Waals surface area contributed by atoms with Crippen molar-refractivity contribution in [2.45, 2.75) is 25.7 Å². The topological polar surface area (TPSA) is 55.1 Å². The summed E-state index contributed by atoms with van der Waals surface area (Å²) in [5.74, 6) is 0.601. The smallest absolute Gasteiger partial charge is 0.223 e. The van der Waals surface area contributed by atoms with Crippen LogP contribution >= 0.6 is 15.9 Å². The zero-order valence-electron chi connectivity index (χ0n) is 8.97. The Morgan fingerprint density at radius 2 is 2.13 bits per heavy atom. The predicted octanol–water partition coefficient (Wildman–Crippen LogP) is 1.78. The van der Waals surface area contributed by atoms with Crippen molar-refractivity contribution in [2.24, 2.45) is 17.6 Å². The number of nitrogens with one attached hydrogen (secondary N) is 1. The van der Waals surface area contributed by atoms with E-state index in [0.29, 0.717) is 19.0 Å². The fraction of sp³-hybridized carbons (Fsp3) is 0.727. The SMILES string of the molecule is C=C(Br)CNC(=O)C1CCCCC1CN. The Morgan fingerprint density at radius 1 is 1.47 bits per heavy atom. The number of carbonyl (C=O) groups is 1. The van der Waals surface area contributed by atoms with E-state index in [1.54, 1.807) is 0 Å². The molecule has 1 saturated carbocycles. The van der Waals surface area contributed by atoms with Crippen molar-refractivity contribution in [3.05, 3.63) is 11.1 Å². The molecule has 0 aromatic heterocycles. The third-order valence-electron chi connectivity index (χ3n) is 3.00. The molecular formula is C11H19BrN2O. The first-order valence-electron chi connectivity index (χ1n) is 5.46. The highest BCUT2D eigenvalue weighted by atomic mass is 79.9. The van der Waals surface area contributed by atoms with Crippen LogP contribution in [0, 0.1) is 11.8 Å². The second kappa shape index (κ2) is 6.28. The summed E-state index contributed by atoms with van der Waals surface area (Å²) in [6, 6.07) is 0. The fourth-order valence-corrected chi connectivity index (χ4v) is 2.29. The van der Waals surface area contributed by atoms with Crippen molar-refractivity contribution in [3.63, 3.8) is 0 Å². The van der Waals surface area contributed by atoms with E-state index in [0.717, 1.165) is 23.7 Å². The third-order valence-corrected chi connectivity index (χ3v) is 3.28. The molecule has 0 heterocycles. The van der Waals surface area contributed by atoms with Gasteiger partial charge in [-0.25, -0.2) is 0 Å². The van der Waals surface area contributed by atoms with Crippen LogP contribution in [0.3, 0.4) is 0 Å². The summed E-state index contributed by atoms with van der Waals surface area (Å²) < 4.78 is 0.802. The van der Waals surface area contributed by atoms with Gasteiger partial charge in [0.2, 0.25) is 5.91 Å². The molecular weight excluding hydrogens is 256 g/mol. The number of hydrogen-bond donors (Lipinski definition) is 2. The first-order chi connectivity index (χ1) is 7.15. The molecule has 0 aliphatic heterocycles. The molecule has 0 aromatic rings. The Kier molecular flexibility index (Phi) is 5.32. The van der Waals surface area contributed by atoms with Crippen molar-refractivity contribution < 1.29 is 4.79 Å². The van der Waals surface area contributed by atoms with Gasteiger partial charge in [-0.3, -0.25) is 4.79 Å². The first-order valence-corrected chi connectivity index (χ1v) is 6.25. The zero-order valence-corrected chi connectivity index (χ0v) is 10.6. The molecule has 15 heavy (non-hydrogen) atoms. The van der Waals surface area contributed by atoms with Crippen LogP contribution in [0.15, 0.2) is 11.1 Å². The second-order valence-electron chi connectivity index (χ2n) is 4.12. The van der Waals surface area contributed by atoms with Gasteiger partial charge in [-0.2, -0.15) is 0 Å². The normalized spacial score (nSPS) is 26.0. The monoisotopic (exact) mass is 274 g/mol. The second-order valence-corrected chi connectivity index (χ2v) is 5.24. The molecule has 0 spiro atoms. The maximum absolute atomic E-state index is 11.8. The predicted molar refractivity (Wildman–Crippen MR) is 65.6 cm³/mol. The lowest BCUT2D eigenvalue weighted by atomic mass is 9.79. The minimum Gasteiger partial charge on any atom is -0.351 e. The Morgan fingerprint density at radius 3 is 2.73 bits per heavy atom. The van der Waals surface area contributed by atoms with E-state index >= 15 is 0 Å². The van der Waals surface area contributed by atoms with Crippen LogP contribution in [-0.4, -0.2) is 19.0 Å². The van der Waals surface area contributed by atoms with Gasteiger partial charge in [0.15, 0.2) is 0 Å². The fourth-order valence-electron chi connectivity index (χ4n) is 2.15. The summed E-state index contributed by atoms with van der Waals surface area (Å²) >= 11 is 3.23. The van der Waals surface area contributed by atoms with Crippen LogP contribution in [0.4, 0.5) is 0 Å². The van der Waals surface area contributed by atoms with Crippen molar-refractivity contribution in [1.82, 2.24) is 5.32 Å². The average Bonchev–Trinajstić information content (AvgIpc) is 2.25. The van der Waals surface area contributed by atoms with Crippen molar-refractivity contribution in [3.8, 4) is 0 Å². The van der Waals surface area contributed by atoms with Crippen LogP contribution in [-0.2, 0) is 4.79 Å². The van der Waals surface area contributed by atoms with Gasteiger partial charge in [-0.1, -0.05) is 35.4 Å². The molecule has 0 bridgehead atoms. The Hall–Kier alpha value is -0.350. The molecule has 0 saturated heterocycles. The van der Waals surface area contributed by atoms with Gasteiger partial charge in [-0.05, 0) is 25.3 Å². The van der Waals surface area contributed by atoms with E-state index in [4.69, 9.17) is 5.73 Å². The van der Waals surface area contributed by atoms with Gasteiger partial charge in [0.25, 0.3) is 0 Å². The van der Waals surface area contributed by atoms with Crippen LogP contribution in [0.2, 0.25) is 0 Å². The van der Waals surface area contributed by atoms with E-state index in [1.807, 2.05) is 0 Å². The summed E-state index contributed by atoms with van der Waals surface area (Å²) in [4.78, 5) is 11.8. The van der Waals surface area contributed by atoms with E-state index in [-0.39, 0.29) is 11.8 Å². The lowest BCUT2D eigenvalue weighted by molar-refractivity contribution is -0.127. The van der Waals surface area contributed by atoms with E-state index in [1.165, 1.54) is 6.42 Å². The van der Waals surface area contributed by atoms with Gasteiger partial charge < -0.3 is 11.1 Å². The summed E-state index contributed by atoms with van der Waals surface area (Å²) in [7, 11) is 0. The summed E-state index contributed by atoms with van der Waals surface area (Å²) in [5.41, 5.74) is 5.68. The van der Waals surface area contributed by atoms with Gasteiger partial charge in [-0.15, -0.1) is 0 Å². The quantitative estimate of drug-likeness (QED) is 0.821. The van der Waals surface area contributed by atoms with Crippen LogP contribution in [0.25, 0.3) is 0 Å². The highest BCUT2D eigenvalue weighted by molar-refractivity contribution is 9.11. The molecule has 1 amide bonds. The minimum atomic E-state index is 0.107. The third kappa shape index (κ3) is 3.95. The van der Waals surface area contributed by atoms with Crippen molar-refractivity contribution in [2.75, 3.05) is 13.1 Å². The molecule has 86 valence electrons. The van der Waals surface area contributed by atoms with Gasteiger partial charge >= 0.3 is 0 Å². The molecule has 1 aliphatic rings. The standard InChI is InChI=1S/C11H19BrN2O/c1-8(12)7-14-11(15)10-5-3-2-4-9(10)6-13/h9-10H,1-7,13H2,(H,14,15). The molecule has 2 unspecified atom stereocenters. The molecule has 1 rings (SSSR count). The van der Waals surface area contributed by atoms with Gasteiger partial charge in [0.05, 0.1) is 0 Å². The minimum absolute atomic E-state index is 0.107. The summed E-state index contributed by atoms with van der Waals surface area (Å²) in [5, 5.41) is 2.88. The molecule has 0 radical (unpaired) electrons. The van der Waals surface area contributed by atoms with Crippen molar-refractivity contribution in [1.29, 1.82) is 0 Å². The molecule has 1 fully saturated rings. The number of halogens is 1. The van der Waals surface area contributed by atoms with Gasteiger partial charge in [0, 0.05) is 16.9 Å². The number of carbonyl (C=O) groups excluding carboxylic acids is 1. The van der Waals surface area contributed by atoms with Crippen LogP contribution in [0.5, 0.6) is 0 Å². The zero-order chi connectivity index (χ0) is 11.3. The number of rotatable bonds is 4. The maximum atomic E-state index is 11.8. The summed E-state index contributed by atoms with van der Waals surface area (Å²) in [6.07, 6.45) is 4.41. The van der Waals surface area contributed by atoms with E-state index in [2.05, 4.69) is 27.8 Å². The molecule has 0 aromatic carbocycles. The Labute approximate surface area is 99.6 Å². The number of amides is 1. The molecule has 1 aliphatic carbocycles. The highest BCUT2D eigenvalue weighted by Crippen LogP contribution is 2.29. The van der Waals surface area contributed by atoms with Crippen LogP contribution in [0.1, 0.15) is 25.7 Å². The average molecular weight is 275 g/mol. The highest BCUT2D eigenvalue weighted by Gasteiger charge is 2.29. The molecule has 2 atom stereocenters. The molecule has 3 N–H and O–H groups in total. The van der Waals surface area contributed by atoms with Crippen LogP contribution < -0.4 is 11.1 Å². The Bertz CT molecular complexity index is 243. The largest absolute Gasteiger partial charge is 0.351 e. The maximum Gasteiger partial charge on any atom is 0.223 e. The van der Waals surface area contributed by atoms with E-state index in [9.17, 15) is 4.79 Å². The molecule has 3 nitrogen and oxygen atoms in total. The lowest BCUT2D eigenvalue weighted by Crippen LogP contribution is -2.39. The lowest BCUT2D eigenvalue weighted by Gasteiger charge is -2.29. The van der Waals surface area contributed by atoms with Crippen molar-refractivity contribution >= 4 is 21.8 Å². The number of nitrogens with two attached hydrogens (primary N) is 1. The first kappa shape index (κ1) is 12.7. The molecule has 4 heteroatoms. The van der Waals surface area contributed by atoms with E-state index < -0.39 is 0 Å². The summed E-state index contributed by atoms with van der Waals surface area (Å²) in [6.45, 7) is 4.81. The van der Waals surface area contributed by atoms with Gasteiger partial charge in [0.1, 0.15) is 0 Å². The Balaban J connectivity index is 2.44.